The third kappa shape index (κ3) is 11.6. The standard InChI is InChI=1S/C59H46N2.C7H8/c1-44-22-36-55(37-23-44)61(56-38-26-46(27-39-56)43-59(51-18-10-4-11-19-51)52-20-12-5-13-21-52)57-40-30-48(31-41-57)47-28-34-54(35-29-47)60-53-32-24-45(25-33-53)42-58(49-14-6-2-7-15-49)50-16-8-3-9-17-50;1-7-5-3-2-4-6-7/h2-43,60H,1H3;2-6H,1H3. The Labute approximate surface area is 402 Å². The van der Waals surface area contributed by atoms with Crippen LogP contribution in [0.5, 0.6) is 0 Å². The van der Waals surface area contributed by atoms with Crippen molar-refractivity contribution in [1.29, 1.82) is 0 Å². The predicted octanol–water partition coefficient (Wildman–Crippen LogP) is 18.0. The number of aryl methyl sites for hydroxylation is 2. The lowest BCUT2D eigenvalue weighted by Crippen LogP contribution is -2.09. The van der Waals surface area contributed by atoms with Crippen molar-refractivity contribution in [2.45, 2.75) is 13.8 Å². The van der Waals surface area contributed by atoms with Gasteiger partial charge >= 0.3 is 0 Å². The summed E-state index contributed by atoms with van der Waals surface area (Å²) < 4.78 is 0. The molecule has 0 unspecified atom stereocenters. The number of benzene rings is 10. The molecule has 0 fully saturated rings. The minimum absolute atomic E-state index is 1.04. The van der Waals surface area contributed by atoms with Gasteiger partial charge in [-0.15, -0.1) is 0 Å². The summed E-state index contributed by atoms with van der Waals surface area (Å²) in [6, 6.07) is 96.4. The molecule has 0 radical (unpaired) electrons. The number of nitrogens with zero attached hydrogens (tertiary/aromatic N) is 1. The number of hydrogen-bond donors (Lipinski definition) is 1. The van der Waals surface area contributed by atoms with Crippen molar-refractivity contribution in [3.63, 3.8) is 0 Å². The van der Waals surface area contributed by atoms with Crippen LogP contribution in [-0.4, -0.2) is 0 Å². The summed E-state index contributed by atoms with van der Waals surface area (Å²) >= 11 is 0. The molecule has 0 aliphatic heterocycles. The largest absolute Gasteiger partial charge is 0.356 e. The molecule has 10 aromatic rings. The van der Waals surface area contributed by atoms with Crippen molar-refractivity contribution in [3.05, 3.63) is 317 Å². The van der Waals surface area contributed by atoms with Gasteiger partial charge in [0.05, 0.1) is 0 Å². The van der Waals surface area contributed by atoms with Crippen molar-refractivity contribution in [2.24, 2.45) is 0 Å². The van der Waals surface area contributed by atoms with Crippen LogP contribution in [0.4, 0.5) is 28.4 Å². The van der Waals surface area contributed by atoms with Crippen LogP contribution in [0.2, 0.25) is 0 Å². The van der Waals surface area contributed by atoms with E-state index < -0.39 is 0 Å². The fourth-order valence-corrected chi connectivity index (χ4v) is 8.24. The molecule has 328 valence electrons. The van der Waals surface area contributed by atoms with E-state index in [0.29, 0.717) is 0 Å². The molecule has 2 heteroatoms. The Morgan fingerprint density at radius 2 is 0.574 bits per heavy atom. The van der Waals surface area contributed by atoms with E-state index in [1.807, 2.05) is 18.2 Å². The molecule has 2 nitrogen and oxygen atoms in total. The number of rotatable bonds is 12. The molecule has 0 heterocycles. The van der Waals surface area contributed by atoms with Gasteiger partial charge in [0.1, 0.15) is 0 Å². The van der Waals surface area contributed by atoms with E-state index in [0.717, 1.165) is 50.7 Å². The Morgan fingerprint density at radius 1 is 0.294 bits per heavy atom. The molecule has 0 saturated heterocycles. The smallest absolute Gasteiger partial charge is 0.0462 e. The van der Waals surface area contributed by atoms with Crippen LogP contribution >= 0.6 is 0 Å². The molecule has 10 rings (SSSR count). The maximum atomic E-state index is 3.59. The van der Waals surface area contributed by atoms with Crippen LogP contribution in [0, 0.1) is 13.8 Å². The van der Waals surface area contributed by atoms with Gasteiger partial charge in [0, 0.05) is 28.4 Å². The summed E-state index contributed by atoms with van der Waals surface area (Å²) in [5, 5.41) is 3.59. The minimum atomic E-state index is 1.04. The second-order valence-corrected chi connectivity index (χ2v) is 16.9. The molecule has 0 atom stereocenters. The molecular weight excluding hydrogens is 821 g/mol. The van der Waals surface area contributed by atoms with Crippen LogP contribution in [0.1, 0.15) is 44.5 Å². The fourth-order valence-electron chi connectivity index (χ4n) is 8.24. The van der Waals surface area contributed by atoms with Gasteiger partial charge in [-0.1, -0.05) is 223 Å². The molecule has 0 aliphatic rings. The van der Waals surface area contributed by atoms with Gasteiger partial charge < -0.3 is 10.2 Å². The Bertz CT molecular complexity index is 3080. The van der Waals surface area contributed by atoms with E-state index in [1.54, 1.807) is 0 Å². The van der Waals surface area contributed by atoms with Crippen molar-refractivity contribution < 1.29 is 0 Å². The van der Waals surface area contributed by atoms with E-state index in [4.69, 9.17) is 0 Å². The number of anilines is 5. The number of hydrogen-bond acceptors (Lipinski definition) is 2. The zero-order chi connectivity index (χ0) is 46.3. The Morgan fingerprint density at radius 3 is 0.926 bits per heavy atom. The van der Waals surface area contributed by atoms with E-state index >= 15 is 0 Å². The molecule has 10 aromatic carbocycles. The second-order valence-electron chi connectivity index (χ2n) is 16.9. The summed E-state index contributed by atoms with van der Waals surface area (Å²) in [6.45, 7) is 4.21. The van der Waals surface area contributed by atoms with Gasteiger partial charge in [-0.2, -0.15) is 0 Å². The first-order chi connectivity index (χ1) is 33.5. The molecule has 0 aromatic heterocycles. The quantitative estimate of drug-likeness (QED) is 0.123. The van der Waals surface area contributed by atoms with Crippen molar-refractivity contribution >= 4 is 51.7 Å². The maximum Gasteiger partial charge on any atom is 0.0462 e. The van der Waals surface area contributed by atoms with Gasteiger partial charge in [-0.05, 0) is 142 Å². The van der Waals surface area contributed by atoms with Crippen LogP contribution in [-0.2, 0) is 0 Å². The summed E-state index contributed by atoms with van der Waals surface area (Å²) in [5.74, 6) is 0. The highest BCUT2D eigenvalue weighted by atomic mass is 15.1. The molecule has 0 saturated carbocycles. The lowest BCUT2D eigenvalue weighted by atomic mass is 9.95. The van der Waals surface area contributed by atoms with Crippen LogP contribution in [0.3, 0.4) is 0 Å². The van der Waals surface area contributed by atoms with Crippen LogP contribution in [0.25, 0.3) is 34.4 Å². The van der Waals surface area contributed by atoms with E-state index in [1.165, 1.54) is 44.5 Å². The van der Waals surface area contributed by atoms with E-state index in [9.17, 15) is 0 Å². The molecule has 0 bridgehead atoms. The summed E-state index contributed by atoms with van der Waals surface area (Å²) in [5.41, 5.74) is 19.8. The summed E-state index contributed by atoms with van der Waals surface area (Å²) in [6.07, 6.45) is 4.54. The first-order valence-electron chi connectivity index (χ1n) is 23.2. The van der Waals surface area contributed by atoms with Gasteiger partial charge in [0.15, 0.2) is 0 Å². The molecule has 68 heavy (non-hydrogen) atoms. The third-order valence-electron chi connectivity index (χ3n) is 11.9. The molecular formula is C66H54N2. The number of nitrogens with one attached hydrogen (secondary N) is 1. The normalized spacial score (nSPS) is 10.5. The zero-order valence-corrected chi connectivity index (χ0v) is 38.6. The Kier molecular flexibility index (Phi) is 14.4. The van der Waals surface area contributed by atoms with Gasteiger partial charge in [0.2, 0.25) is 0 Å². The fraction of sp³-hybridized carbons (Fsp3) is 0.0303. The monoisotopic (exact) mass is 874 g/mol. The first-order valence-corrected chi connectivity index (χ1v) is 23.2. The average Bonchev–Trinajstić information content (AvgIpc) is 3.40. The molecule has 0 spiro atoms. The summed E-state index contributed by atoms with van der Waals surface area (Å²) in [4.78, 5) is 2.32. The maximum absolute atomic E-state index is 3.59. The summed E-state index contributed by atoms with van der Waals surface area (Å²) in [7, 11) is 0. The zero-order valence-electron chi connectivity index (χ0n) is 38.6. The van der Waals surface area contributed by atoms with Gasteiger partial charge in [0.25, 0.3) is 0 Å². The highest BCUT2D eigenvalue weighted by Crippen LogP contribution is 2.37. The molecule has 0 aliphatic carbocycles. The molecule has 1 N–H and O–H groups in total. The Hall–Kier alpha value is -8.72. The van der Waals surface area contributed by atoms with Crippen molar-refractivity contribution in [3.8, 4) is 11.1 Å². The van der Waals surface area contributed by atoms with Gasteiger partial charge in [-0.25, -0.2) is 0 Å². The van der Waals surface area contributed by atoms with E-state index in [-0.39, 0.29) is 0 Å². The topological polar surface area (TPSA) is 15.3 Å². The van der Waals surface area contributed by atoms with Crippen molar-refractivity contribution in [2.75, 3.05) is 10.2 Å². The third-order valence-corrected chi connectivity index (χ3v) is 11.9. The second kappa shape index (κ2) is 22.0. The highest BCUT2D eigenvalue weighted by molar-refractivity contribution is 5.93. The average molecular weight is 875 g/mol. The van der Waals surface area contributed by atoms with Gasteiger partial charge in [-0.3, -0.25) is 0 Å². The predicted molar refractivity (Wildman–Crippen MR) is 292 cm³/mol. The lowest BCUT2D eigenvalue weighted by Gasteiger charge is -2.26. The van der Waals surface area contributed by atoms with Crippen LogP contribution in [0.15, 0.2) is 273 Å². The van der Waals surface area contributed by atoms with Crippen LogP contribution < -0.4 is 10.2 Å². The SMILES string of the molecule is Cc1ccc(N(c2ccc(C=C(c3ccccc3)c3ccccc3)cc2)c2ccc(-c3ccc(Nc4ccc(C=C(c5ccccc5)c5ccccc5)cc4)cc3)cc2)cc1.Cc1ccccc1. The highest BCUT2D eigenvalue weighted by Gasteiger charge is 2.14. The first kappa shape index (κ1) is 44.5. The molecule has 0 amide bonds. The van der Waals surface area contributed by atoms with Crippen molar-refractivity contribution in [1.82, 2.24) is 0 Å². The van der Waals surface area contributed by atoms with E-state index in [2.05, 4.69) is 291 Å². The Balaban J connectivity index is 0.000000758. The minimum Gasteiger partial charge on any atom is -0.356 e. The lowest BCUT2D eigenvalue weighted by molar-refractivity contribution is 1.27.